The highest BCUT2D eigenvalue weighted by molar-refractivity contribution is 7.99. The van der Waals surface area contributed by atoms with Gasteiger partial charge in [0.05, 0.1) is 11.4 Å². The van der Waals surface area contributed by atoms with E-state index in [1.807, 2.05) is 29.2 Å². The summed E-state index contributed by atoms with van der Waals surface area (Å²) in [6.45, 7) is 2.22. The van der Waals surface area contributed by atoms with Crippen LogP contribution in [-0.4, -0.2) is 59.2 Å². The van der Waals surface area contributed by atoms with E-state index in [4.69, 9.17) is 5.73 Å². The van der Waals surface area contributed by atoms with Gasteiger partial charge in [-0.25, -0.2) is 0 Å². The summed E-state index contributed by atoms with van der Waals surface area (Å²) < 4.78 is 0. The first kappa shape index (κ1) is 18.5. The van der Waals surface area contributed by atoms with E-state index in [-0.39, 0.29) is 11.8 Å². The molecule has 0 unspecified atom stereocenters. The molecule has 1 saturated heterocycles. The van der Waals surface area contributed by atoms with Crippen LogP contribution in [0.2, 0.25) is 0 Å². The Labute approximate surface area is 174 Å². The highest BCUT2D eigenvalue weighted by Crippen LogP contribution is 2.37. The summed E-state index contributed by atoms with van der Waals surface area (Å²) in [5.41, 5.74) is 9.52. The Morgan fingerprint density at radius 2 is 1.59 bits per heavy atom. The first-order chi connectivity index (χ1) is 14.0. The van der Waals surface area contributed by atoms with Crippen molar-refractivity contribution >= 4 is 29.3 Å². The largest absolute Gasteiger partial charge is 0.375 e. The third-order valence-corrected chi connectivity index (χ3v) is 6.94. The molecule has 1 aliphatic carbocycles. The van der Waals surface area contributed by atoms with E-state index in [1.54, 1.807) is 16.7 Å². The van der Waals surface area contributed by atoms with E-state index in [2.05, 4.69) is 23.5 Å². The van der Waals surface area contributed by atoms with Gasteiger partial charge in [0.15, 0.2) is 0 Å². The Balaban J connectivity index is 1.23. The van der Waals surface area contributed by atoms with Crippen molar-refractivity contribution < 1.29 is 9.59 Å². The van der Waals surface area contributed by atoms with Crippen LogP contribution in [0.25, 0.3) is 11.1 Å². The molecule has 7 heteroatoms. The SMILES string of the molecule is NC1(C(=O)N2CCN(C(=O)c3ccc(-c4ccc5c(c4)SCN5)cc3)CC2)CC1. The predicted octanol–water partition coefficient (Wildman–Crippen LogP) is 2.60. The molecule has 6 nitrogen and oxygen atoms in total. The minimum absolute atomic E-state index is 0.0197. The molecule has 29 heavy (non-hydrogen) atoms. The number of nitrogens with one attached hydrogen (secondary N) is 1. The number of piperazine rings is 1. The van der Waals surface area contributed by atoms with Gasteiger partial charge >= 0.3 is 0 Å². The van der Waals surface area contributed by atoms with E-state index in [0.29, 0.717) is 31.7 Å². The number of fused-ring (bicyclic) bond motifs is 1. The van der Waals surface area contributed by atoms with Crippen LogP contribution in [0.3, 0.4) is 0 Å². The summed E-state index contributed by atoms with van der Waals surface area (Å²) in [5, 5.41) is 3.34. The van der Waals surface area contributed by atoms with Crippen LogP contribution in [0.15, 0.2) is 47.4 Å². The van der Waals surface area contributed by atoms with Gasteiger partial charge in [-0.05, 0) is 48.2 Å². The number of hydrogen-bond donors (Lipinski definition) is 2. The highest BCUT2D eigenvalue weighted by Gasteiger charge is 2.48. The maximum Gasteiger partial charge on any atom is 0.253 e. The number of thioether (sulfide) groups is 1. The fourth-order valence-electron chi connectivity index (χ4n) is 3.92. The molecular weight excluding hydrogens is 384 g/mol. The topological polar surface area (TPSA) is 78.7 Å². The fraction of sp³-hybridized carbons (Fsp3) is 0.364. The molecule has 2 aromatic carbocycles. The minimum atomic E-state index is -0.631. The molecule has 0 radical (unpaired) electrons. The van der Waals surface area contributed by atoms with Crippen molar-refractivity contribution in [3.05, 3.63) is 48.0 Å². The number of carbonyl (C=O) groups excluding carboxylic acids is 2. The van der Waals surface area contributed by atoms with Gasteiger partial charge in [-0.2, -0.15) is 0 Å². The maximum atomic E-state index is 12.9. The number of nitrogens with zero attached hydrogens (tertiary/aromatic N) is 2. The molecule has 2 fully saturated rings. The summed E-state index contributed by atoms with van der Waals surface area (Å²) in [4.78, 5) is 30.1. The summed E-state index contributed by atoms with van der Waals surface area (Å²) in [6, 6.07) is 14.2. The minimum Gasteiger partial charge on any atom is -0.375 e. The fourth-order valence-corrected chi connectivity index (χ4v) is 4.81. The van der Waals surface area contributed by atoms with Crippen LogP contribution in [0.4, 0.5) is 5.69 Å². The Morgan fingerprint density at radius 3 is 2.28 bits per heavy atom. The van der Waals surface area contributed by atoms with Gasteiger partial charge in [0.1, 0.15) is 0 Å². The van der Waals surface area contributed by atoms with Gasteiger partial charge in [-0.1, -0.05) is 18.2 Å². The second-order valence-corrected chi connectivity index (χ2v) is 9.01. The lowest BCUT2D eigenvalue weighted by atomic mass is 10.0. The molecule has 0 spiro atoms. The average molecular weight is 409 g/mol. The molecule has 2 heterocycles. The zero-order valence-corrected chi connectivity index (χ0v) is 17.0. The van der Waals surface area contributed by atoms with Crippen molar-refractivity contribution in [2.75, 3.05) is 37.4 Å². The van der Waals surface area contributed by atoms with Crippen molar-refractivity contribution in [1.29, 1.82) is 0 Å². The molecule has 0 aromatic heterocycles. The normalized spacial score (nSPS) is 19.5. The molecule has 1 saturated carbocycles. The number of anilines is 1. The molecule has 3 aliphatic rings. The van der Waals surface area contributed by atoms with E-state index < -0.39 is 5.54 Å². The summed E-state index contributed by atoms with van der Waals surface area (Å²) in [5.74, 6) is 0.972. The Kier molecular flexibility index (Phi) is 4.52. The van der Waals surface area contributed by atoms with Gasteiger partial charge in [0, 0.05) is 42.3 Å². The van der Waals surface area contributed by atoms with Gasteiger partial charge < -0.3 is 20.9 Å². The van der Waals surface area contributed by atoms with Gasteiger partial charge in [-0.3, -0.25) is 9.59 Å². The molecule has 5 rings (SSSR count). The van der Waals surface area contributed by atoms with Gasteiger partial charge in [0.25, 0.3) is 5.91 Å². The monoisotopic (exact) mass is 408 g/mol. The number of benzene rings is 2. The van der Waals surface area contributed by atoms with Crippen LogP contribution < -0.4 is 11.1 Å². The summed E-state index contributed by atoms with van der Waals surface area (Å²) in [7, 11) is 0. The van der Waals surface area contributed by atoms with Gasteiger partial charge in [0.2, 0.25) is 5.91 Å². The third-order valence-electron chi connectivity index (χ3n) is 6.01. The van der Waals surface area contributed by atoms with Crippen molar-refractivity contribution in [3.8, 4) is 11.1 Å². The quantitative estimate of drug-likeness (QED) is 0.816. The Hall–Kier alpha value is -2.51. The lowest BCUT2D eigenvalue weighted by Gasteiger charge is -2.36. The number of amides is 2. The third kappa shape index (κ3) is 3.49. The van der Waals surface area contributed by atoms with Crippen LogP contribution in [0, 0.1) is 0 Å². The molecule has 3 N–H and O–H groups in total. The van der Waals surface area contributed by atoms with Crippen LogP contribution in [0.1, 0.15) is 23.2 Å². The Bertz CT molecular complexity index is 963. The molecule has 150 valence electrons. The Morgan fingerprint density at radius 1 is 0.931 bits per heavy atom. The molecule has 0 atom stereocenters. The number of nitrogens with two attached hydrogens (primary N) is 1. The lowest BCUT2D eigenvalue weighted by molar-refractivity contribution is -0.135. The smallest absolute Gasteiger partial charge is 0.253 e. The first-order valence-electron chi connectivity index (χ1n) is 10.0. The number of hydrogen-bond acceptors (Lipinski definition) is 5. The van der Waals surface area contributed by atoms with Crippen molar-refractivity contribution in [1.82, 2.24) is 9.80 Å². The number of rotatable bonds is 3. The van der Waals surface area contributed by atoms with Crippen molar-refractivity contribution in [3.63, 3.8) is 0 Å². The van der Waals surface area contributed by atoms with Crippen LogP contribution in [0.5, 0.6) is 0 Å². The summed E-state index contributed by atoms with van der Waals surface area (Å²) in [6.07, 6.45) is 1.55. The van der Waals surface area contributed by atoms with Crippen molar-refractivity contribution in [2.24, 2.45) is 5.73 Å². The van der Waals surface area contributed by atoms with E-state index in [0.717, 1.165) is 29.8 Å². The molecule has 2 aromatic rings. The highest BCUT2D eigenvalue weighted by atomic mass is 32.2. The standard InChI is InChI=1S/C22H24N4O2S/c23-22(7-8-22)21(28)26-11-9-25(10-12-26)20(27)16-3-1-15(2-4-16)17-5-6-18-19(13-17)29-14-24-18/h1-6,13,24H,7-12,14,23H2. The number of carbonyl (C=O) groups is 2. The van der Waals surface area contributed by atoms with Crippen LogP contribution in [-0.2, 0) is 4.79 Å². The van der Waals surface area contributed by atoms with Crippen molar-refractivity contribution in [2.45, 2.75) is 23.3 Å². The zero-order chi connectivity index (χ0) is 20.0. The van der Waals surface area contributed by atoms with E-state index in [1.165, 1.54) is 10.6 Å². The molecule has 0 bridgehead atoms. The van der Waals surface area contributed by atoms with Gasteiger partial charge in [-0.15, -0.1) is 11.8 Å². The van der Waals surface area contributed by atoms with E-state index >= 15 is 0 Å². The predicted molar refractivity (Wildman–Crippen MR) is 115 cm³/mol. The average Bonchev–Trinajstić information content (AvgIpc) is 3.34. The van der Waals surface area contributed by atoms with E-state index in [9.17, 15) is 9.59 Å². The molecule has 2 aliphatic heterocycles. The molecule has 2 amide bonds. The first-order valence-corrected chi connectivity index (χ1v) is 11.0. The second kappa shape index (κ2) is 7.07. The maximum absolute atomic E-state index is 12.9. The van der Waals surface area contributed by atoms with Crippen LogP contribution >= 0.6 is 11.8 Å². The lowest BCUT2D eigenvalue weighted by Crippen LogP contribution is -2.55. The summed E-state index contributed by atoms with van der Waals surface area (Å²) >= 11 is 1.80. The zero-order valence-electron chi connectivity index (χ0n) is 16.2. The molecular formula is C22H24N4O2S. The second-order valence-electron chi connectivity index (χ2n) is 7.99.